The molecule has 0 saturated carbocycles. The molecule has 0 aliphatic carbocycles. The molecule has 1 aliphatic heterocycles. The lowest BCUT2D eigenvalue weighted by Gasteiger charge is -2.26. The molecule has 0 unspecified atom stereocenters. The summed E-state index contributed by atoms with van der Waals surface area (Å²) in [6, 6.07) is 11.7. The van der Waals surface area contributed by atoms with Crippen LogP contribution in [0.1, 0.15) is 10.4 Å². The van der Waals surface area contributed by atoms with Crippen LogP contribution in [0.25, 0.3) is 0 Å². The third-order valence-corrected chi connectivity index (χ3v) is 4.81. The van der Waals surface area contributed by atoms with Gasteiger partial charge >= 0.3 is 0 Å². The van der Waals surface area contributed by atoms with Crippen LogP contribution in [-0.2, 0) is 9.53 Å². The molecule has 0 spiro atoms. The Morgan fingerprint density at radius 1 is 1.07 bits per heavy atom. The van der Waals surface area contributed by atoms with Crippen molar-refractivity contribution >= 4 is 40.7 Å². The minimum absolute atomic E-state index is 0.0433. The van der Waals surface area contributed by atoms with Crippen molar-refractivity contribution in [2.24, 2.45) is 0 Å². The fourth-order valence-electron chi connectivity index (χ4n) is 2.58. The van der Waals surface area contributed by atoms with Crippen LogP contribution < -0.4 is 10.1 Å². The highest BCUT2D eigenvalue weighted by atomic mass is 35.5. The van der Waals surface area contributed by atoms with Crippen LogP contribution in [-0.4, -0.2) is 49.6 Å². The Morgan fingerprint density at radius 3 is 2.48 bits per heavy atom. The lowest BCUT2D eigenvalue weighted by atomic mass is 10.2. The lowest BCUT2D eigenvalue weighted by molar-refractivity contribution is -0.118. The highest BCUT2D eigenvalue weighted by molar-refractivity contribution is 6.44. The van der Waals surface area contributed by atoms with Crippen molar-refractivity contribution in [1.82, 2.24) is 4.90 Å². The maximum Gasteiger partial charge on any atom is 0.262 e. The number of nitrogens with one attached hydrogen (secondary N) is 1. The van der Waals surface area contributed by atoms with E-state index in [4.69, 9.17) is 32.7 Å². The van der Waals surface area contributed by atoms with Gasteiger partial charge in [-0.05, 0) is 36.4 Å². The number of amides is 2. The second-order valence-electron chi connectivity index (χ2n) is 5.87. The van der Waals surface area contributed by atoms with Gasteiger partial charge in [-0.25, -0.2) is 0 Å². The maximum atomic E-state index is 12.4. The number of morpholine rings is 1. The van der Waals surface area contributed by atoms with E-state index in [0.29, 0.717) is 48.3 Å². The fourth-order valence-corrected chi connectivity index (χ4v) is 2.93. The number of benzene rings is 2. The molecule has 0 aromatic heterocycles. The molecule has 1 N–H and O–H groups in total. The third-order valence-electron chi connectivity index (χ3n) is 4.00. The first-order valence-corrected chi connectivity index (χ1v) is 9.14. The number of carbonyl (C=O) groups excluding carboxylic acids is 2. The minimum atomic E-state index is -0.368. The Labute approximate surface area is 167 Å². The van der Waals surface area contributed by atoms with Gasteiger partial charge in [-0.3, -0.25) is 9.59 Å². The number of halogens is 2. The molecule has 6 nitrogen and oxygen atoms in total. The molecule has 1 aliphatic rings. The van der Waals surface area contributed by atoms with Crippen LogP contribution in [0.5, 0.6) is 5.75 Å². The molecule has 2 aromatic rings. The summed E-state index contributed by atoms with van der Waals surface area (Å²) in [5.41, 5.74) is 0.989. The number of carbonyl (C=O) groups is 2. The predicted molar refractivity (Wildman–Crippen MR) is 104 cm³/mol. The van der Waals surface area contributed by atoms with Crippen LogP contribution in [0.3, 0.4) is 0 Å². The van der Waals surface area contributed by atoms with Gasteiger partial charge in [0.15, 0.2) is 6.61 Å². The van der Waals surface area contributed by atoms with Crippen molar-refractivity contribution in [2.45, 2.75) is 0 Å². The molecule has 2 amide bonds. The van der Waals surface area contributed by atoms with Gasteiger partial charge in [-0.1, -0.05) is 29.3 Å². The Bertz CT molecular complexity index is 821. The van der Waals surface area contributed by atoms with E-state index in [1.807, 2.05) is 0 Å². The van der Waals surface area contributed by atoms with E-state index in [1.54, 1.807) is 47.4 Å². The van der Waals surface area contributed by atoms with E-state index in [1.165, 1.54) is 0 Å². The Kier molecular flexibility index (Phi) is 6.55. The molecule has 2 aromatic carbocycles. The third kappa shape index (κ3) is 5.13. The van der Waals surface area contributed by atoms with Gasteiger partial charge in [0.25, 0.3) is 11.8 Å². The van der Waals surface area contributed by atoms with Crippen molar-refractivity contribution in [3.8, 4) is 5.75 Å². The van der Waals surface area contributed by atoms with Crippen molar-refractivity contribution in [1.29, 1.82) is 0 Å². The van der Waals surface area contributed by atoms with E-state index in [2.05, 4.69) is 5.32 Å². The number of anilines is 1. The normalized spacial score (nSPS) is 13.9. The van der Waals surface area contributed by atoms with E-state index in [0.717, 1.165) is 0 Å². The summed E-state index contributed by atoms with van der Waals surface area (Å²) in [4.78, 5) is 26.2. The van der Waals surface area contributed by atoms with Crippen LogP contribution in [0.2, 0.25) is 10.0 Å². The minimum Gasteiger partial charge on any atom is -0.484 e. The highest BCUT2D eigenvalue weighted by Crippen LogP contribution is 2.29. The monoisotopic (exact) mass is 408 g/mol. The van der Waals surface area contributed by atoms with Crippen molar-refractivity contribution in [3.05, 3.63) is 58.1 Å². The molecule has 1 saturated heterocycles. The molecule has 3 rings (SSSR count). The smallest absolute Gasteiger partial charge is 0.262 e. The van der Waals surface area contributed by atoms with E-state index in [-0.39, 0.29) is 23.4 Å². The Morgan fingerprint density at radius 2 is 1.78 bits per heavy atom. The number of rotatable bonds is 5. The van der Waals surface area contributed by atoms with Gasteiger partial charge in [0.1, 0.15) is 5.75 Å². The summed E-state index contributed by atoms with van der Waals surface area (Å²) in [6.45, 7) is 2.09. The standard InChI is InChI=1S/C19H18Cl2N2O4/c20-15-2-1-3-16(18(15)21)22-17(24)12-27-14-6-4-13(5-7-14)19(25)23-8-10-26-11-9-23/h1-7H,8-12H2,(H,22,24). The number of hydrogen-bond acceptors (Lipinski definition) is 4. The van der Waals surface area contributed by atoms with Gasteiger partial charge in [-0.15, -0.1) is 0 Å². The summed E-state index contributed by atoms with van der Waals surface area (Å²) >= 11 is 11.9. The van der Waals surface area contributed by atoms with E-state index >= 15 is 0 Å². The van der Waals surface area contributed by atoms with Crippen molar-refractivity contribution < 1.29 is 19.1 Å². The lowest BCUT2D eigenvalue weighted by Crippen LogP contribution is -2.40. The summed E-state index contributed by atoms with van der Waals surface area (Å²) in [5, 5.41) is 3.27. The Hall–Kier alpha value is -2.28. The molecular formula is C19H18Cl2N2O4. The SMILES string of the molecule is O=C(COc1ccc(C(=O)N2CCOCC2)cc1)Nc1cccc(Cl)c1Cl. The summed E-state index contributed by atoms with van der Waals surface area (Å²) in [6.07, 6.45) is 0. The number of ether oxygens (including phenoxy) is 2. The molecular weight excluding hydrogens is 391 g/mol. The zero-order valence-corrected chi connectivity index (χ0v) is 15.9. The highest BCUT2D eigenvalue weighted by Gasteiger charge is 2.18. The molecule has 0 radical (unpaired) electrons. The average Bonchev–Trinajstić information content (AvgIpc) is 2.70. The first-order valence-electron chi connectivity index (χ1n) is 8.38. The average molecular weight is 409 g/mol. The van der Waals surface area contributed by atoms with Gasteiger partial charge in [0, 0.05) is 18.7 Å². The quantitative estimate of drug-likeness (QED) is 0.821. The van der Waals surface area contributed by atoms with Gasteiger partial charge in [0.2, 0.25) is 0 Å². The molecule has 1 fully saturated rings. The second-order valence-corrected chi connectivity index (χ2v) is 6.65. The number of nitrogens with zero attached hydrogens (tertiary/aromatic N) is 1. The van der Waals surface area contributed by atoms with E-state index in [9.17, 15) is 9.59 Å². The largest absolute Gasteiger partial charge is 0.484 e. The van der Waals surface area contributed by atoms with Gasteiger partial charge < -0.3 is 19.7 Å². The first kappa shape index (κ1) is 19.5. The zero-order valence-electron chi connectivity index (χ0n) is 14.4. The summed E-state index contributed by atoms with van der Waals surface area (Å²) in [5.74, 6) is 0.0756. The molecule has 1 heterocycles. The van der Waals surface area contributed by atoms with Crippen LogP contribution >= 0.6 is 23.2 Å². The molecule has 142 valence electrons. The maximum absolute atomic E-state index is 12.4. The topological polar surface area (TPSA) is 67.9 Å². The van der Waals surface area contributed by atoms with Crippen LogP contribution in [0.4, 0.5) is 5.69 Å². The molecule has 8 heteroatoms. The summed E-state index contributed by atoms with van der Waals surface area (Å²) < 4.78 is 10.7. The fraction of sp³-hybridized carbons (Fsp3) is 0.263. The molecule has 27 heavy (non-hydrogen) atoms. The van der Waals surface area contributed by atoms with Crippen molar-refractivity contribution in [3.63, 3.8) is 0 Å². The van der Waals surface area contributed by atoms with Crippen molar-refractivity contribution in [2.75, 3.05) is 38.2 Å². The van der Waals surface area contributed by atoms with Crippen LogP contribution in [0.15, 0.2) is 42.5 Å². The predicted octanol–water partition coefficient (Wildman–Crippen LogP) is 3.48. The molecule has 0 atom stereocenters. The number of hydrogen-bond donors (Lipinski definition) is 1. The van der Waals surface area contributed by atoms with Gasteiger partial charge in [-0.2, -0.15) is 0 Å². The second kappa shape index (κ2) is 9.08. The molecule has 0 bridgehead atoms. The first-order chi connectivity index (χ1) is 13.0. The zero-order chi connectivity index (χ0) is 19.2. The van der Waals surface area contributed by atoms with E-state index < -0.39 is 0 Å². The summed E-state index contributed by atoms with van der Waals surface area (Å²) in [7, 11) is 0. The Balaban J connectivity index is 1.53. The van der Waals surface area contributed by atoms with Crippen LogP contribution in [0, 0.1) is 0 Å². The van der Waals surface area contributed by atoms with Gasteiger partial charge in [0.05, 0.1) is 28.9 Å².